The molecule has 2 aromatic rings. The fourth-order valence-electron chi connectivity index (χ4n) is 1.82. The van der Waals surface area contributed by atoms with Gasteiger partial charge in [-0.25, -0.2) is 0 Å². The van der Waals surface area contributed by atoms with Gasteiger partial charge in [0, 0.05) is 5.56 Å². The molecule has 1 amide bonds. The average Bonchev–Trinajstić information content (AvgIpc) is 2.39. The number of carbonyl (C=O) groups is 1. The van der Waals surface area contributed by atoms with Gasteiger partial charge in [-0.2, -0.15) is 0 Å². The molecule has 0 atom stereocenters. The minimum Gasteiger partial charge on any atom is -0.495 e. The largest absolute Gasteiger partial charge is 0.495 e. The van der Waals surface area contributed by atoms with E-state index in [4.69, 9.17) is 4.74 Å². The summed E-state index contributed by atoms with van der Waals surface area (Å²) in [6.07, 6.45) is 0. The molecular weight excluding hydrogens is 238 g/mol. The molecule has 0 saturated carbocycles. The van der Waals surface area contributed by atoms with Gasteiger partial charge >= 0.3 is 0 Å². The summed E-state index contributed by atoms with van der Waals surface area (Å²) in [6, 6.07) is 13.1. The van der Waals surface area contributed by atoms with Crippen molar-refractivity contribution in [1.82, 2.24) is 0 Å². The smallest absolute Gasteiger partial charge is 0.255 e. The second kappa shape index (κ2) is 5.57. The predicted octanol–water partition coefficient (Wildman–Crippen LogP) is 3.56. The molecule has 0 aromatic heterocycles. The van der Waals surface area contributed by atoms with E-state index in [1.165, 1.54) is 0 Å². The van der Waals surface area contributed by atoms with Crippen LogP contribution in [0.25, 0.3) is 0 Å². The van der Waals surface area contributed by atoms with Crippen molar-refractivity contribution in [3.8, 4) is 5.75 Å². The van der Waals surface area contributed by atoms with E-state index in [1.54, 1.807) is 7.11 Å². The third-order valence-electron chi connectivity index (χ3n) is 2.92. The first-order valence-electron chi connectivity index (χ1n) is 6.13. The highest BCUT2D eigenvalue weighted by molar-refractivity contribution is 6.05. The van der Waals surface area contributed by atoms with Crippen LogP contribution in [-0.2, 0) is 0 Å². The molecule has 0 bridgehead atoms. The molecule has 1 N–H and O–H groups in total. The minimum absolute atomic E-state index is 0.135. The van der Waals surface area contributed by atoms with E-state index < -0.39 is 0 Å². The van der Waals surface area contributed by atoms with Crippen molar-refractivity contribution in [1.29, 1.82) is 0 Å². The van der Waals surface area contributed by atoms with Crippen LogP contribution in [0.3, 0.4) is 0 Å². The number of ether oxygens (including phenoxy) is 1. The molecule has 0 spiro atoms. The summed E-state index contributed by atoms with van der Waals surface area (Å²) in [5.74, 6) is 0.523. The summed E-state index contributed by atoms with van der Waals surface area (Å²) in [6.45, 7) is 3.96. The van der Waals surface area contributed by atoms with Crippen LogP contribution in [0.1, 0.15) is 21.5 Å². The first-order chi connectivity index (χ1) is 9.10. The fourth-order valence-corrected chi connectivity index (χ4v) is 1.82. The predicted molar refractivity (Wildman–Crippen MR) is 76.9 cm³/mol. The number of hydrogen-bond donors (Lipinski definition) is 1. The van der Waals surface area contributed by atoms with E-state index in [1.807, 2.05) is 56.3 Å². The average molecular weight is 255 g/mol. The van der Waals surface area contributed by atoms with Crippen LogP contribution < -0.4 is 10.1 Å². The highest BCUT2D eigenvalue weighted by atomic mass is 16.5. The molecule has 0 saturated heterocycles. The molecule has 0 aliphatic rings. The van der Waals surface area contributed by atoms with Crippen LogP contribution in [0.5, 0.6) is 5.75 Å². The molecule has 0 fully saturated rings. The quantitative estimate of drug-likeness (QED) is 0.910. The molecule has 19 heavy (non-hydrogen) atoms. The van der Waals surface area contributed by atoms with Gasteiger partial charge in [0.05, 0.1) is 12.8 Å². The van der Waals surface area contributed by atoms with Gasteiger partial charge in [0.1, 0.15) is 5.75 Å². The van der Waals surface area contributed by atoms with E-state index in [0.717, 1.165) is 11.1 Å². The second-order valence-corrected chi connectivity index (χ2v) is 4.52. The Morgan fingerprint density at radius 2 is 1.63 bits per heavy atom. The van der Waals surface area contributed by atoms with Crippen LogP contribution in [0.2, 0.25) is 0 Å². The third kappa shape index (κ3) is 3.13. The number of amides is 1. The lowest BCUT2D eigenvalue weighted by atomic mass is 10.1. The van der Waals surface area contributed by atoms with Gasteiger partial charge in [-0.1, -0.05) is 23.8 Å². The Hall–Kier alpha value is -2.29. The summed E-state index contributed by atoms with van der Waals surface area (Å²) < 4.78 is 5.24. The van der Waals surface area contributed by atoms with Gasteiger partial charge in [0.15, 0.2) is 0 Å². The Morgan fingerprint density at radius 3 is 2.26 bits per heavy atom. The molecular formula is C16H17NO2. The number of rotatable bonds is 3. The molecule has 2 rings (SSSR count). The number of methoxy groups -OCH3 is 1. The molecule has 0 radical (unpaired) electrons. The van der Waals surface area contributed by atoms with E-state index >= 15 is 0 Å². The Morgan fingerprint density at radius 1 is 1.00 bits per heavy atom. The zero-order valence-electron chi connectivity index (χ0n) is 11.4. The lowest BCUT2D eigenvalue weighted by Crippen LogP contribution is -2.12. The van der Waals surface area contributed by atoms with Gasteiger partial charge < -0.3 is 10.1 Å². The van der Waals surface area contributed by atoms with Crippen LogP contribution in [0.4, 0.5) is 5.69 Å². The van der Waals surface area contributed by atoms with Crippen molar-refractivity contribution < 1.29 is 9.53 Å². The zero-order chi connectivity index (χ0) is 13.8. The Bertz CT molecular complexity index is 588. The normalized spacial score (nSPS) is 10.1. The SMILES string of the molecule is COc1ccc(C)cc1NC(=O)c1ccc(C)cc1. The first-order valence-corrected chi connectivity index (χ1v) is 6.13. The van der Waals surface area contributed by atoms with E-state index in [2.05, 4.69) is 5.32 Å². The summed E-state index contributed by atoms with van der Waals surface area (Å²) in [5, 5.41) is 2.87. The molecule has 3 heteroatoms. The summed E-state index contributed by atoms with van der Waals surface area (Å²) in [4.78, 5) is 12.1. The van der Waals surface area contributed by atoms with Crippen LogP contribution in [0, 0.1) is 13.8 Å². The number of anilines is 1. The van der Waals surface area contributed by atoms with E-state index in [0.29, 0.717) is 17.0 Å². The van der Waals surface area contributed by atoms with Gasteiger partial charge in [0.25, 0.3) is 5.91 Å². The Balaban J connectivity index is 2.23. The number of benzene rings is 2. The van der Waals surface area contributed by atoms with Gasteiger partial charge in [-0.15, -0.1) is 0 Å². The van der Waals surface area contributed by atoms with Crippen molar-refractivity contribution in [3.05, 3.63) is 59.2 Å². The number of nitrogens with one attached hydrogen (secondary N) is 1. The van der Waals surface area contributed by atoms with Gasteiger partial charge in [0.2, 0.25) is 0 Å². The first kappa shape index (κ1) is 13.1. The molecule has 3 nitrogen and oxygen atoms in total. The monoisotopic (exact) mass is 255 g/mol. The van der Waals surface area contributed by atoms with Crippen molar-refractivity contribution in [3.63, 3.8) is 0 Å². The molecule has 0 heterocycles. The molecule has 0 aliphatic heterocycles. The maximum Gasteiger partial charge on any atom is 0.255 e. The molecule has 0 unspecified atom stereocenters. The zero-order valence-corrected chi connectivity index (χ0v) is 11.4. The summed E-state index contributed by atoms with van der Waals surface area (Å²) >= 11 is 0. The van der Waals surface area contributed by atoms with Crippen LogP contribution in [-0.4, -0.2) is 13.0 Å². The van der Waals surface area contributed by atoms with Gasteiger partial charge in [-0.05, 0) is 43.7 Å². The van der Waals surface area contributed by atoms with Crippen molar-refractivity contribution >= 4 is 11.6 Å². The third-order valence-corrected chi connectivity index (χ3v) is 2.92. The van der Waals surface area contributed by atoms with Gasteiger partial charge in [-0.3, -0.25) is 4.79 Å². The number of aryl methyl sites for hydroxylation is 2. The topological polar surface area (TPSA) is 38.3 Å². The van der Waals surface area contributed by atoms with E-state index in [9.17, 15) is 4.79 Å². The summed E-state index contributed by atoms with van der Waals surface area (Å²) in [7, 11) is 1.59. The highest BCUT2D eigenvalue weighted by Gasteiger charge is 2.09. The number of hydrogen-bond acceptors (Lipinski definition) is 2. The molecule has 0 aliphatic carbocycles. The maximum atomic E-state index is 12.1. The lowest BCUT2D eigenvalue weighted by molar-refractivity contribution is 0.102. The Labute approximate surface area is 113 Å². The van der Waals surface area contributed by atoms with Crippen LogP contribution >= 0.6 is 0 Å². The van der Waals surface area contributed by atoms with Crippen LogP contribution in [0.15, 0.2) is 42.5 Å². The summed E-state index contributed by atoms with van der Waals surface area (Å²) in [5.41, 5.74) is 3.52. The maximum absolute atomic E-state index is 12.1. The fraction of sp³-hybridized carbons (Fsp3) is 0.188. The minimum atomic E-state index is -0.135. The lowest BCUT2D eigenvalue weighted by Gasteiger charge is -2.11. The molecule has 98 valence electrons. The Kier molecular flexibility index (Phi) is 3.85. The standard InChI is InChI=1S/C16H17NO2/c1-11-4-7-13(8-5-11)16(18)17-14-10-12(2)6-9-15(14)19-3/h4-10H,1-3H3,(H,17,18). The van der Waals surface area contributed by atoms with Crippen molar-refractivity contribution in [2.45, 2.75) is 13.8 Å². The second-order valence-electron chi connectivity index (χ2n) is 4.52. The molecule has 2 aromatic carbocycles. The van der Waals surface area contributed by atoms with Crippen molar-refractivity contribution in [2.24, 2.45) is 0 Å². The highest BCUT2D eigenvalue weighted by Crippen LogP contribution is 2.25. The van der Waals surface area contributed by atoms with E-state index in [-0.39, 0.29) is 5.91 Å². The van der Waals surface area contributed by atoms with Crippen molar-refractivity contribution in [2.75, 3.05) is 12.4 Å². The number of carbonyl (C=O) groups excluding carboxylic acids is 1.